The highest BCUT2D eigenvalue weighted by Crippen LogP contribution is 2.16. The molecule has 0 unspecified atom stereocenters. The van der Waals surface area contributed by atoms with Crippen LogP contribution in [0.15, 0.2) is 54.6 Å². The number of aryl methyl sites for hydroxylation is 1. The summed E-state index contributed by atoms with van der Waals surface area (Å²) in [4.78, 5) is 12.0. The van der Waals surface area contributed by atoms with Gasteiger partial charge < -0.3 is 15.4 Å². The number of amides is 1. The summed E-state index contributed by atoms with van der Waals surface area (Å²) in [5.74, 6) is 0.742. The maximum Gasteiger partial charge on any atom is 0.226 e. The fourth-order valence-electron chi connectivity index (χ4n) is 2.43. The molecule has 4 nitrogen and oxygen atoms in total. The highest BCUT2D eigenvalue weighted by atomic mass is 32.1. The van der Waals surface area contributed by atoms with E-state index < -0.39 is 0 Å². The Morgan fingerprint density at radius 1 is 1.04 bits per heavy atom. The lowest BCUT2D eigenvalue weighted by molar-refractivity contribution is -0.119. The molecule has 2 rings (SSSR count). The van der Waals surface area contributed by atoms with E-state index in [1.807, 2.05) is 54.6 Å². The van der Waals surface area contributed by atoms with Gasteiger partial charge >= 0.3 is 0 Å². The van der Waals surface area contributed by atoms with Crippen LogP contribution in [0.2, 0.25) is 0 Å². The summed E-state index contributed by atoms with van der Waals surface area (Å²) in [5.41, 5.74) is 1.95. The van der Waals surface area contributed by atoms with Crippen molar-refractivity contribution >= 4 is 28.9 Å². The summed E-state index contributed by atoms with van der Waals surface area (Å²) < 4.78 is 5.68. The Hall–Kier alpha value is -2.40. The van der Waals surface area contributed by atoms with Gasteiger partial charge in [-0.15, -0.1) is 0 Å². The number of anilines is 1. The molecule has 2 aromatic carbocycles. The largest absolute Gasteiger partial charge is 0.494 e. The van der Waals surface area contributed by atoms with E-state index in [-0.39, 0.29) is 5.91 Å². The Morgan fingerprint density at radius 3 is 2.46 bits per heavy atom. The minimum Gasteiger partial charge on any atom is -0.494 e. The van der Waals surface area contributed by atoms with Gasteiger partial charge in [0.25, 0.3) is 0 Å². The molecule has 0 aliphatic heterocycles. The van der Waals surface area contributed by atoms with Crippen LogP contribution >= 0.6 is 12.2 Å². The van der Waals surface area contributed by atoms with Gasteiger partial charge in [0.1, 0.15) is 5.75 Å². The van der Waals surface area contributed by atoms with Crippen molar-refractivity contribution in [2.24, 2.45) is 0 Å². The highest BCUT2D eigenvalue weighted by Gasteiger charge is 2.05. The maximum atomic E-state index is 12.0. The normalized spacial score (nSPS) is 10.2. The molecular weight excluding hydrogens is 344 g/mol. The standard InChI is InChI=1S/C21H26N2O2S/c1-2-3-7-16-25-19-13-11-18(12-14-19)22-21(26)23-20(24)15-10-17-8-5-4-6-9-17/h4-6,8-9,11-14H,2-3,7,10,15-16H2,1H3,(H2,22,23,24,26). The maximum absolute atomic E-state index is 12.0. The number of benzene rings is 2. The molecule has 0 aromatic heterocycles. The number of hydrogen-bond acceptors (Lipinski definition) is 3. The van der Waals surface area contributed by atoms with Gasteiger partial charge in [-0.05, 0) is 54.9 Å². The quantitative estimate of drug-likeness (QED) is 0.496. The number of rotatable bonds is 9. The molecule has 138 valence electrons. The van der Waals surface area contributed by atoms with Crippen molar-refractivity contribution in [2.45, 2.75) is 39.0 Å². The zero-order chi connectivity index (χ0) is 18.6. The van der Waals surface area contributed by atoms with Crippen LogP contribution in [0, 0.1) is 0 Å². The van der Waals surface area contributed by atoms with Crippen LogP contribution in [0.25, 0.3) is 0 Å². The fraction of sp³-hybridized carbons (Fsp3) is 0.333. The fourth-order valence-corrected chi connectivity index (χ4v) is 2.66. The van der Waals surface area contributed by atoms with E-state index in [0.29, 0.717) is 18.0 Å². The van der Waals surface area contributed by atoms with Gasteiger partial charge in [-0.2, -0.15) is 0 Å². The number of carbonyl (C=O) groups excluding carboxylic acids is 1. The third kappa shape index (κ3) is 7.66. The van der Waals surface area contributed by atoms with Crippen LogP contribution < -0.4 is 15.4 Å². The van der Waals surface area contributed by atoms with Crippen LogP contribution in [-0.2, 0) is 11.2 Å². The predicted molar refractivity (Wildman–Crippen MR) is 111 cm³/mol. The lowest BCUT2D eigenvalue weighted by atomic mass is 10.1. The van der Waals surface area contributed by atoms with E-state index in [1.54, 1.807) is 0 Å². The first-order valence-corrected chi connectivity index (χ1v) is 9.46. The van der Waals surface area contributed by atoms with Crippen molar-refractivity contribution < 1.29 is 9.53 Å². The molecule has 0 saturated heterocycles. The second-order valence-electron chi connectivity index (χ2n) is 6.07. The lowest BCUT2D eigenvalue weighted by Crippen LogP contribution is -2.34. The molecule has 0 radical (unpaired) electrons. The van der Waals surface area contributed by atoms with Gasteiger partial charge in [-0.25, -0.2) is 0 Å². The van der Waals surface area contributed by atoms with Crippen molar-refractivity contribution in [3.63, 3.8) is 0 Å². The zero-order valence-electron chi connectivity index (χ0n) is 15.2. The molecule has 0 spiro atoms. The number of carbonyl (C=O) groups is 1. The topological polar surface area (TPSA) is 50.4 Å². The number of unbranched alkanes of at least 4 members (excludes halogenated alkanes) is 2. The lowest BCUT2D eigenvalue weighted by Gasteiger charge is -2.11. The predicted octanol–water partition coefficient (Wildman–Crippen LogP) is 4.70. The van der Waals surface area contributed by atoms with Gasteiger partial charge in [0, 0.05) is 12.1 Å². The molecule has 2 aromatic rings. The molecule has 0 saturated carbocycles. The Bertz CT molecular complexity index is 687. The Kier molecular flexibility index (Phi) is 8.63. The second kappa shape index (κ2) is 11.3. The van der Waals surface area contributed by atoms with Crippen LogP contribution in [-0.4, -0.2) is 17.6 Å². The van der Waals surface area contributed by atoms with Crippen LogP contribution in [0.4, 0.5) is 5.69 Å². The van der Waals surface area contributed by atoms with Gasteiger partial charge in [-0.1, -0.05) is 50.1 Å². The summed E-state index contributed by atoms with van der Waals surface area (Å²) in [6.45, 7) is 2.90. The van der Waals surface area contributed by atoms with Crippen molar-refractivity contribution in [3.8, 4) is 5.75 Å². The summed E-state index contributed by atoms with van der Waals surface area (Å²) in [5, 5.41) is 6.04. The van der Waals surface area contributed by atoms with E-state index in [2.05, 4.69) is 17.6 Å². The van der Waals surface area contributed by atoms with Gasteiger partial charge in [-0.3, -0.25) is 4.79 Å². The molecule has 26 heavy (non-hydrogen) atoms. The Balaban J connectivity index is 1.70. The number of nitrogens with one attached hydrogen (secondary N) is 2. The third-order valence-corrected chi connectivity index (χ3v) is 4.07. The molecule has 0 atom stereocenters. The first-order valence-electron chi connectivity index (χ1n) is 9.05. The van der Waals surface area contributed by atoms with Crippen molar-refractivity contribution in [3.05, 3.63) is 60.2 Å². The average Bonchev–Trinajstić information content (AvgIpc) is 2.66. The molecule has 0 aliphatic carbocycles. The summed E-state index contributed by atoms with van der Waals surface area (Å²) in [6.07, 6.45) is 4.52. The molecule has 0 bridgehead atoms. The highest BCUT2D eigenvalue weighted by molar-refractivity contribution is 7.80. The van der Waals surface area contributed by atoms with Crippen LogP contribution in [0.1, 0.15) is 38.2 Å². The SMILES string of the molecule is CCCCCOc1ccc(NC(=S)NC(=O)CCc2ccccc2)cc1. The molecular formula is C21H26N2O2S. The molecule has 1 amide bonds. The smallest absolute Gasteiger partial charge is 0.226 e. The Labute approximate surface area is 161 Å². The van der Waals surface area contributed by atoms with E-state index in [1.165, 1.54) is 12.8 Å². The van der Waals surface area contributed by atoms with Crippen molar-refractivity contribution in [1.82, 2.24) is 5.32 Å². The number of ether oxygens (including phenoxy) is 1. The van der Waals surface area contributed by atoms with E-state index in [9.17, 15) is 4.79 Å². The van der Waals surface area contributed by atoms with Crippen LogP contribution in [0.3, 0.4) is 0 Å². The summed E-state index contributed by atoms with van der Waals surface area (Å²) in [6, 6.07) is 17.5. The Morgan fingerprint density at radius 2 is 1.77 bits per heavy atom. The van der Waals surface area contributed by atoms with Crippen molar-refractivity contribution in [1.29, 1.82) is 0 Å². The zero-order valence-corrected chi connectivity index (χ0v) is 16.0. The van der Waals surface area contributed by atoms with Gasteiger partial charge in [0.2, 0.25) is 5.91 Å². The average molecular weight is 371 g/mol. The molecule has 2 N–H and O–H groups in total. The first kappa shape index (κ1) is 19.9. The third-order valence-electron chi connectivity index (χ3n) is 3.87. The van der Waals surface area contributed by atoms with E-state index in [0.717, 1.165) is 30.0 Å². The first-order chi connectivity index (χ1) is 12.7. The molecule has 0 aliphatic rings. The summed E-state index contributed by atoms with van der Waals surface area (Å²) in [7, 11) is 0. The van der Waals surface area contributed by atoms with Crippen LogP contribution in [0.5, 0.6) is 5.75 Å². The molecule has 0 heterocycles. The number of thiocarbonyl (C=S) groups is 1. The minimum atomic E-state index is -0.0952. The molecule has 5 heteroatoms. The minimum absolute atomic E-state index is 0.0952. The monoisotopic (exact) mass is 370 g/mol. The molecule has 0 fully saturated rings. The second-order valence-corrected chi connectivity index (χ2v) is 6.48. The van der Waals surface area contributed by atoms with Crippen molar-refractivity contribution in [2.75, 3.05) is 11.9 Å². The summed E-state index contributed by atoms with van der Waals surface area (Å²) >= 11 is 5.20. The van der Waals surface area contributed by atoms with E-state index in [4.69, 9.17) is 17.0 Å². The van der Waals surface area contributed by atoms with Gasteiger partial charge in [0.15, 0.2) is 5.11 Å². The van der Waals surface area contributed by atoms with E-state index >= 15 is 0 Å². The van der Waals surface area contributed by atoms with Gasteiger partial charge in [0.05, 0.1) is 6.61 Å². The number of hydrogen-bond donors (Lipinski definition) is 2.